The molecule has 0 aliphatic carbocycles. The van der Waals surface area contributed by atoms with E-state index < -0.39 is 0 Å². The van der Waals surface area contributed by atoms with Crippen LogP contribution in [0.1, 0.15) is 37.7 Å². The van der Waals surface area contributed by atoms with E-state index in [2.05, 4.69) is 45.6 Å². The zero-order valence-electron chi connectivity index (χ0n) is 14.3. The Labute approximate surface area is 144 Å². The smallest absolute Gasteiger partial charge is 0.0534 e. The van der Waals surface area contributed by atoms with E-state index in [4.69, 9.17) is 0 Å². The Hall–Kier alpha value is -1.65. The Morgan fingerprint density at radius 2 is 1.83 bits per heavy atom. The summed E-state index contributed by atoms with van der Waals surface area (Å²) >= 11 is 0. The van der Waals surface area contributed by atoms with Crippen LogP contribution < -0.4 is 5.32 Å². The standard InChI is InChI=1S/C20H28N4/c1-2-6-17(7-3-1)16-24-19-8-4-9-20(24)15-18(14-19)21-11-13-23-12-5-10-22-23/h1-3,5-7,10,12,18-21H,4,8-9,11,13-16H2. The minimum Gasteiger partial charge on any atom is -0.312 e. The topological polar surface area (TPSA) is 33.1 Å². The van der Waals surface area contributed by atoms with Gasteiger partial charge in [0.25, 0.3) is 0 Å². The first-order valence-corrected chi connectivity index (χ1v) is 9.39. The van der Waals surface area contributed by atoms with Crippen molar-refractivity contribution in [3.63, 3.8) is 0 Å². The summed E-state index contributed by atoms with van der Waals surface area (Å²) in [7, 11) is 0. The highest BCUT2D eigenvalue weighted by molar-refractivity contribution is 5.15. The lowest BCUT2D eigenvalue weighted by Gasteiger charge is -2.49. The number of fused-ring (bicyclic) bond motifs is 2. The fourth-order valence-corrected chi connectivity index (χ4v) is 4.51. The van der Waals surface area contributed by atoms with Crippen molar-refractivity contribution in [2.24, 2.45) is 0 Å². The number of nitrogens with zero attached hydrogens (tertiary/aromatic N) is 3. The van der Waals surface area contributed by atoms with Crippen molar-refractivity contribution in [3.05, 3.63) is 54.4 Å². The van der Waals surface area contributed by atoms with Crippen LogP contribution in [0, 0.1) is 0 Å². The molecule has 128 valence electrons. The fourth-order valence-electron chi connectivity index (χ4n) is 4.51. The maximum absolute atomic E-state index is 4.28. The van der Waals surface area contributed by atoms with Gasteiger partial charge in [-0.25, -0.2) is 0 Å². The van der Waals surface area contributed by atoms with Gasteiger partial charge in [0.15, 0.2) is 0 Å². The molecule has 1 aromatic heterocycles. The number of rotatable bonds is 6. The van der Waals surface area contributed by atoms with E-state index in [-0.39, 0.29) is 0 Å². The van der Waals surface area contributed by atoms with Crippen molar-refractivity contribution in [2.75, 3.05) is 6.54 Å². The van der Waals surface area contributed by atoms with Crippen LogP contribution in [0.3, 0.4) is 0 Å². The molecule has 4 heteroatoms. The van der Waals surface area contributed by atoms with Gasteiger partial charge in [-0.05, 0) is 37.3 Å². The van der Waals surface area contributed by atoms with Gasteiger partial charge in [-0.15, -0.1) is 0 Å². The number of benzene rings is 1. The summed E-state index contributed by atoms with van der Waals surface area (Å²) in [5, 5.41) is 8.07. The molecule has 2 aliphatic heterocycles. The second-order valence-electron chi connectivity index (χ2n) is 7.29. The molecule has 4 nitrogen and oxygen atoms in total. The van der Waals surface area contributed by atoms with E-state index in [1.165, 1.54) is 37.7 Å². The van der Waals surface area contributed by atoms with E-state index in [9.17, 15) is 0 Å². The second kappa shape index (κ2) is 7.49. The van der Waals surface area contributed by atoms with Crippen LogP contribution in [-0.4, -0.2) is 39.4 Å². The molecule has 2 bridgehead atoms. The number of piperidine rings is 2. The van der Waals surface area contributed by atoms with Crippen LogP contribution in [0.4, 0.5) is 0 Å². The van der Waals surface area contributed by atoms with Crippen LogP contribution >= 0.6 is 0 Å². The highest BCUT2D eigenvalue weighted by atomic mass is 15.3. The molecule has 2 aliphatic rings. The summed E-state index contributed by atoms with van der Waals surface area (Å²) in [6, 6.07) is 15.1. The van der Waals surface area contributed by atoms with E-state index in [1.54, 1.807) is 0 Å². The SMILES string of the molecule is c1ccc(CN2C3CCCC2CC(NCCn2cccn2)C3)cc1. The molecule has 2 atom stereocenters. The predicted molar refractivity (Wildman–Crippen MR) is 96.7 cm³/mol. The lowest BCUT2D eigenvalue weighted by atomic mass is 9.81. The molecule has 0 amide bonds. The Morgan fingerprint density at radius 3 is 2.54 bits per heavy atom. The molecule has 4 rings (SSSR count). The van der Waals surface area contributed by atoms with Gasteiger partial charge in [0.05, 0.1) is 6.54 Å². The average molecular weight is 324 g/mol. The minimum atomic E-state index is 0.669. The highest BCUT2D eigenvalue weighted by Crippen LogP contribution is 2.35. The third-order valence-corrected chi connectivity index (χ3v) is 5.67. The van der Waals surface area contributed by atoms with Crippen LogP contribution in [0.25, 0.3) is 0 Å². The Bertz CT molecular complexity index is 596. The van der Waals surface area contributed by atoms with Crippen molar-refractivity contribution < 1.29 is 0 Å². The molecule has 2 aromatic rings. The van der Waals surface area contributed by atoms with Gasteiger partial charge in [0.1, 0.15) is 0 Å². The van der Waals surface area contributed by atoms with Gasteiger partial charge in [-0.1, -0.05) is 36.8 Å². The number of aromatic nitrogens is 2. The number of nitrogens with one attached hydrogen (secondary N) is 1. The van der Waals surface area contributed by atoms with Gasteiger partial charge in [-0.3, -0.25) is 9.58 Å². The molecule has 2 saturated heterocycles. The molecule has 2 fully saturated rings. The lowest BCUT2D eigenvalue weighted by Crippen LogP contribution is -2.56. The first-order chi connectivity index (χ1) is 11.9. The summed E-state index contributed by atoms with van der Waals surface area (Å²) in [4.78, 5) is 2.78. The lowest BCUT2D eigenvalue weighted by molar-refractivity contribution is 0.0175. The molecule has 0 spiro atoms. The van der Waals surface area contributed by atoms with Crippen molar-refractivity contribution in [3.8, 4) is 0 Å². The highest BCUT2D eigenvalue weighted by Gasteiger charge is 2.37. The van der Waals surface area contributed by atoms with Crippen LogP contribution in [0.5, 0.6) is 0 Å². The molecule has 3 heterocycles. The van der Waals surface area contributed by atoms with Gasteiger partial charge >= 0.3 is 0 Å². The summed E-state index contributed by atoms with van der Waals surface area (Å²) in [5.41, 5.74) is 1.46. The summed E-state index contributed by atoms with van der Waals surface area (Å²) < 4.78 is 2.01. The quantitative estimate of drug-likeness (QED) is 0.886. The molecule has 0 radical (unpaired) electrons. The van der Waals surface area contributed by atoms with Crippen molar-refractivity contribution in [1.82, 2.24) is 20.0 Å². The zero-order valence-corrected chi connectivity index (χ0v) is 14.3. The van der Waals surface area contributed by atoms with Gasteiger partial charge < -0.3 is 5.32 Å². The van der Waals surface area contributed by atoms with Crippen LogP contribution in [-0.2, 0) is 13.1 Å². The molecule has 0 saturated carbocycles. The third-order valence-electron chi connectivity index (χ3n) is 5.67. The first kappa shape index (κ1) is 15.9. The van der Waals surface area contributed by atoms with Gasteiger partial charge in [0.2, 0.25) is 0 Å². The first-order valence-electron chi connectivity index (χ1n) is 9.39. The summed E-state index contributed by atoms with van der Waals surface area (Å²) in [6.45, 7) is 3.10. The average Bonchev–Trinajstić information content (AvgIpc) is 3.10. The normalized spacial score (nSPS) is 27.2. The zero-order chi connectivity index (χ0) is 16.2. The summed E-state index contributed by atoms with van der Waals surface area (Å²) in [5.74, 6) is 0. The Kier molecular flexibility index (Phi) is 4.95. The van der Waals surface area contributed by atoms with Gasteiger partial charge in [-0.2, -0.15) is 5.10 Å². The molecule has 1 aromatic carbocycles. The second-order valence-corrected chi connectivity index (χ2v) is 7.29. The van der Waals surface area contributed by atoms with E-state index in [0.717, 1.165) is 31.7 Å². The van der Waals surface area contributed by atoms with Gasteiger partial charge in [0, 0.05) is 43.6 Å². The molecular weight excluding hydrogens is 296 g/mol. The molecule has 24 heavy (non-hydrogen) atoms. The number of hydrogen-bond acceptors (Lipinski definition) is 3. The third kappa shape index (κ3) is 3.70. The van der Waals surface area contributed by atoms with E-state index in [1.807, 2.05) is 23.1 Å². The number of hydrogen-bond donors (Lipinski definition) is 1. The Balaban J connectivity index is 1.32. The Morgan fingerprint density at radius 1 is 1.04 bits per heavy atom. The van der Waals surface area contributed by atoms with Crippen molar-refractivity contribution in [1.29, 1.82) is 0 Å². The van der Waals surface area contributed by atoms with Crippen LogP contribution in [0.15, 0.2) is 48.8 Å². The van der Waals surface area contributed by atoms with Crippen molar-refractivity contribution in [2.45, 2.75) is 63.3 Å². The molecule has 1 N–H and O–H groups in total. The largest absolute Gasteiger partial charge is 0.312 e. The molecular formula is C20H28N4. The van der Waals surface area contributed by atoms with E-state index >= 15 is 0 Å². The van der Waals surface area contributed by atoms with E-state index in [0.29, 0.717) is 6.04 Å². The monoisotopic (exact) mass is 324 g/mol. The maximum atomic E-state index is 4.28. The fraction of sp³-hybridized carbons (Fsp3) is 0.550. The van der Waals surface area contributed by atoms with Crippen molar-refractivity contribution >= 4 is 0 Å². The minimum absolute atomic E-state index is 0.669. The summed E-state index contributed by atoms with van der Waals surface area (Å²) in [6.07, 6.45) is 10.6. The van der Waals surface area contributed by atoms with Crippen LogP contribution in [0.2, 0.25) is 0 Å². The predicted octanol–water partition coefficient (Wildman–Crippen LogP) is 3.06. The molecule has 2 unspecified atom stereocenters. The maximum Gasteiger partial charge on any atom is 0.0534 e.